The van der Waals surface area contributed by atoms with Gasteiger partial charge in [-0.3, -0.25) is 0 Å². The minimum atomic E-state index is 0.0157. The second kappa shape index (κ2) is 6.71. The molecule has 0 atom stereocenters. The molecule has 0 aliphatic rings. The fraction of sp³-hybridized carbons (Fsp3) is 0.308. The summed E-state index contributed by atoms with van der Waals surface area (Å²) in [6, 6.07) is 5.51. The average Bonchev–Trinajstić information content (AvgIpc) is 2.91. The molecule has 0 spiro atoms. The first-order valence-electron chi connectivity index (χ1n) is 6.34. The van der Waals surface area contributed by atoms with Crippen molar-refractivity contribution in [2.75, 3.05) is 7.11 Å². The number of ether oxygens (including phenoxy) is 1. The Bertz CT molecular complexity index is 637. The molecule has 0 radical (unpaired) electrons. The molecule has 0 aliphatic carbocycles. The van der Waals surface area contributed by atoms with Crippen LogP contribution in [0.1, 0.15) is 17.0 Å². The summed E-state index contributed by atoms with van der Waals surface area (Å²) in [6.45, 7) is 1.21. The number of nitrogens with one attached hydrogen (secondary N) is 1. The largest absolute Gasteiger partial charge is 0.496 e. The molecule has 112 valence electrons. The van der Waals surface area contributed by atoms with E-state index in [9.17, 15) is 0 Å². The fourth-order valence-corrected chi connectivity index (χ4v) is 1.90. The Morgan fingerprint density at radius 1 is 1.48 bits per heavy atom. The molecule has 0 amide bonds. The van der Waals surface area contributed by atoms with Gasteiger partial charge in [0.2, 0.25) is 0 Å². The Labute approximate surface area is 122 Å². The van der Waals surface area contributed by atoms with Crippen molar-refractivity contribution in [3.05, 3.63) is 41.5 Å². The van der Waals surface area contributed by atoms with Gasteiger partial charge in [-0.1, -0.05) is 11.2 Å². The van der Waals surface area contributed by atoms with Crippen molar-refractivity contribution in [3.63, 3.8) is 0 Å². The van der Waals surface area contributed by atoms with Gasteiger partial charge in [0.1, 0.15) is 17.9 Å². The maximum absolute atomic E-state index is 8.80. The zero-order valence-corrected chi connectivity index (χ0v) is 11.9. The molecule has 2 rings (SSSR count). The number of aryl methyl sites for hydroxylation is 1. The zero-order valence-electron chi connectivity index (χ0n) is 11.9. The van der Waals surface area contributed by atoms with E-state index in [0.717, 1.165) is 11.4 Å². The summed E-state index contributed by atoms with van der Waals surface area (Å²) < 4.78 is 7.04. The lowest BCUT2D eigenvalue weighted by Gasteiger charge is -2.10. The maximum Gasteiger partial charge on any atom is 0.173 e. The number of amidine groups is 1. The molecule has 0 fully saturated rings. The molecule has 0 saturated carbocycles. The van der Waals surface area contributed by atoms with Crippen LogP contribution in [0.15, 0.2) is 29.7 Å². The van der Waals surface area contributed by atoms with Crippen molar-refractivity contribution >= 4 is 5.84 Å². The quantitative estimate of drug-likeness (QED) is 0.303. The SMILES string of the molecule is COc1ccc(CNCc2nncn2C)cc1C(N)=NO. The number of hydrogen-bond donors (Lipinski definition) is 3. The predicted molar refractivity (Wildman–Crippen MR) is 77.1 cm³/mol. The van der Waals surface area contributed by atoms with Crippen LogP contribution in [0.2, 0.25) is 0 Å². The highest BCUT2D eigenvalue weighted by molar-refractivity contribution is 5.99. The van der Waals surface area contributed by atoms with Crippen molar-refractivity contribution in [3.8, 4) is 5.75 Å². The first-order valence-corrected chi connectivity index (χ1v) is 6.34. The molecule has 8 heteroatoms. The molecular weight excluding hydrogens is 272 g/mol. The summed E-state index contributed by atoms with van der Waals surface area (Å²) in [5.74, 6) is 1.42. The summed E-state index contributed by atoms with van der Waals surface area (Å²) in [4.78, 5) is 0. The number of methoxy groups -OCH3 is 1. The Kier molecular flexibility index (Phi) is 4.72. The minimum Gasteiger partial charge on any atom is -0.496 e. The lowest BCUT2D eigenvalue weighted by molar-refractivity contribution is 0.318. The third-order valence-electron chi connectivity index (χ3n) is 3.06. The van der Waals surface area contributed by atoms with Crippen molar-refractivity contribution in [2.24, 2.45) is 17.9 Å². The number of nitrogens with zero attached hydrogens (tertiary/aromatic N) is 4. The van der Waals surface area contributed by atoms with Gasteiger partial charge in [-0.15, -0.1) is 10.2 Å². The van der Waals surface area contributed by atoms with Gasteiger partial charge in [0.25, 0.3) is 0 Å². The smallest absolute Gasteiger partial charge is 0.173 e. The number of rotatable bonds is 6. The maximum atomic E-state index is 8.80. The van der Waals surface area contributed by atoms with E-state index in [1.54, 1.807) is 12.4 Å². The summed E-state index contributed by atoms with van der Waals surface area (Å²) >= 11 is 0. The number of aromatic nitrogens is 3. The molecule has 1 aromatic carbocycles. The molecule has 1 heterocycles. The van der Waals surface area contributed by atoms with Crippen LogP contribution in [-0.2, 0) is 20.1 Å². The highest BCUT2D eigenvalue weighted by Gasteiger charge is 2.09. The van der Waals surface area contributed by atoms with Crippen molar-refractivity contribution in [2.45, 2.75) is 13.1 Å². The Hall–Kier alpha value is -2.61. The Balaban J connectivity index is 2.05. The lowest BCUT2D eigenvalue weighted by Crippen LogP contribution is -2.18. The standard InChI is InChI=1S/C13H18N6O2/c1-19-8-16-17-12(19)7-15-6-9-3-4-11(21-2)10(5-9)13(14)18-20/h3-5,8,15,20H,6-7H2,1-2H3,(H2,14,18). The Morgan fingerprint density at radius 2 is 2.29 bits per heavy atom. The normalized spacial score (nSPS) is 11.6. The van der Waals surface area contributed by atoms with Gasteiger partial charge in [0.15, 0.2) is 5.84 Å². The molecule has 8 nitrogen and oxygen atoms in total. The van der Waals surface area contributed by atoms with Gasteiger partial charge < -0.3 is 25.6 Å². The average molecular weight is 290 g/mol. The molecule has 2 aromatic rings. The fourth-order valence-electron chi connectivity index (χ4n) is 1.90. The first kappa shape index (κ1) is 14.8. The van der Waals surface area contributed by atoms with Gasteiger partial charge in [0.05, 0.1) is 19.2 Å². The van der Waals surface area contributed by atoms with Crippen molar-refractivity contribution in [1.29, 1.82) is 0 Å². The molecule has 0 bridgehead atoms. The van der Waals surface area contributed by atoms with E-state index in [2.05, 4.69) is 20.7 Å². The number of hydrogen-bond acceptors (Lipinski definition) is 6. The monoisotopic (exact) mass is 290 g/mol. The third-order valence-corrected chi connectivity index (χ3v) is 3.06. The van der Waals surface area contributed by atoms with Crippen LogP contribution >= 0.6 is 0 Å². The zero-order chi connectivity index (χ0) is 15.2. The summed E-state index contributed by atoms with van der Waals surface area (Å²) in [6.07, 6.45) is 1.65. The first-order chi connectivity index (χ1) is 10.2. The second-order valence-electron chi connectivity index (χ2n) is 4.48. The summed E-state index contributed by atoms with van der Waals surface area (Å²) in [5.41, 5.74) is 7.18. The van der Waals surface area contributed by atoms with Gasteiger partial charge in [0, 0.05) is 13.6 Å². The topological polar surface area (TPSA) is 111 Å². The van der Waals surface area contributed by atoms with Crippen molar-refractivity contribution < 1.29 is 9.94 Å². The van der Waals surface area contributed by atoms with E-state index in [4.69, 9.17) is 15.7 Å². The lowest BCUT2D eigenvalue weighted by atomic mass is 10.1. The van der Waals surface area contributed by atoms with Crippen LogP contribution in [0.3, 0.4) is 0 Å². The molecular formula is C13H18N6O2. The van der Waals surface area contributed by atoms with E-state index in [1.165, 1.54) is 7.11 Å². The van der Waals surface area contributed by atoms with E-state index in [0.29, 0.717) is 24.4 Å². The molecule has 0 saturated heterocycles. The van der Waals surface area contributed by atoms with Gasteiger partial charge >= 0.3 is 0 Å². The molecule has 0 aliphatic heterocycles. The van der Waals surface area contributed by atoms with E-state index >= 15 is 0 Å². The number of benzene rings is 1. The van der Waals surface area contributed by atoms with Crippen LogP contribution in [0, 0.1) is 0 Å². The number of nitrogens with two attached hydrogens (primary N) is 1. The predicted octanol–water partition coefficient (Wildman–Crippen LogP) is 0.208. The van der Waals surface area contributed by atoms with E-state index < -0.39 is 0 Å². The molecule has 21 heavy (non-hydrogen) atoms. The van der Waals surface area contributed by atoms with Gasteiger partial charge in [-0.25, -0.2) is 0 Å². The van der Waals surface area contributed by atoms with Gasteiger partial charge in [-0.2, -0.15) is 0 Å². The van der Waals surface area contributed by atoms with Crippen molar-refractivity contribution in [1.82, 2.24) is 20.1 Å². The van der Waals surface area contributed by atoms with Crippen LogP contribution in [0.25, 0.3) is 0 Å². The molecule has 4 N–H and O–H groups in total. The highest BCUT2D eigenvalue weighted by Crippen LogP contribution is 2.19. The second-order valence-corrected chi connectivity index (χ2v) is 4.48. The highest BCUT2D eigenvalue weighted by atomic mass is 16.5. The molecule has 1 aromatic heterocycles. The van der Waals surface area contributed by atoms with Crippen LogP contribution in [0.4, 0.5) is 0 Å². The summed E-state index contributed by atoms with van der Waals surface area (Å²) in [5, 5.41) is 22.9. The van der Waals surface area contributed by atoms with E-state index in [-0.39, 0.29) is 5.84 Å². The van der Waals surface area contributed by atoms with Crippen LogP contribution < -0.4 is 15.8 Å². The molecule has 0 unspecified atom stereocenters. The van der Waals surface area contributed by atoms with E-state index in [1.807, 2.05) is 23.7 Å². The third kappa shape index (κ3) is 3.48. The number of oxime groups is 1. The van der Waals surface area contributed by atoms with Crippen LogP contribution in [0.5, 0.6) is 5.75 Å². The van der Waals surface area contributed by atoms with Gasteiger partial charge in [-0.05, 0) is 17.7 Å². The minimum absolute atomic E-state index is 0.0157. The summed E-state index contributed by atoms with van der Waals surface area (Å²) in [7, 11) is 3.43. The van der Waals surface area contributed by atoms with Crippen LogP contribution in [-0.4, -0.2) is 32.9 Å². The Morgan fingerprint density at radius 3 is 2.90 bits per heavy atom.